The topological polar surface area (TPSA) is 32.7 Å². The Bertz CT molecular complexity index is 351. The number of aliphatic hydroxyl groups excluding tert-OH is 1. The summed E-state index contributed by atoms with van der Waals surface area (Å²) in [5.74, 6) is 0.944. The van der Waals surface area contributed by atoms with E-state index in [4.69, 9.17) is 9.84 Å². The minimum Gasteiger partial charge on any atom is -0.494 e. The van der Waals surface area contributed by atoms with Crippen LogP contribution in [0, 0.1) is 0 Å². The van der Waals surface area contributed by atoms with E-state index in [2.05, 4.69) is 30.9 Å². The Morgan fingerprint density at radius 1 is 1.15 bits per heavy atom. The lowest BCUT2D eigenvalue weighted by Crippen LogP contribution is -2.35. The SMILES string of the molecule is CCOc1ccc(CC(C)N(CC)CCCCO)cc1. The number of ether oxygens (including phenoxy) is 1. The predicted octanol–water partition coefficient (Wildman–Crippen LogP) is 3.11. The molecule has 0 spiro atoms. The third-order valence-corrected chi connectivity index (χ3v) is 3.65. The summed E-state index contributed by atoms with van der Waals surface area (Å²) in [7, 11) is 0. The fourth-order valence-electron chi connectivity index (χ4n) is 2.48. The van der Waals surface area contributed by atoms with E-state index in [1.165, 1.54) is 5.56 Å². The van der Waals surface area contributed by atoms with Gasteiger partial charge >= 0.3 is 0 Å². The van der Waals surface area contributed by atoms with Crippen molar-refractivity contribution in [1.82, 2.24) is 4.90 Å². The van der Waals surface area contributed by atoms with E-state index >= 15 is 0 Å². The van der Waals surface area contributed by atoms with Crippen molar-refractivity contribution in [3.8, 4) is 5.75 Å². The highest BCUT2D eigenvalue weighted by Crippen LogP contribution is 2.15. The summed E-state index contributed by atoms with van der Waals surface area (Å²) >= 11 is 0. The van der Waals surface area contributed by atoms with Crippen molar-refractivity contribution in [1.29, 1.82) is 0 Å². The molecule has 1 aromatic carbocycles. The molecule has 1 rings (SSSR count). The maximum absolute atomic E-state index is 8.86. The Kier molecular flexibility index (Phi) is 8.31. The van der Waals surface area contributed by atoms with E-state index in [-0.39, 0.29) is 0 Å². The number of hydrogen-bond donors (Lipinski definition) is 1. The van der Waals surface area contributed by atoms with E-state index in [9.17, 15) is 0 Å². The fraction of sp³-hybridized carbons (Fsp3) is 0.647. The van der Waals surface area contributed by atoms with Crippen molar-refractivity contribution in [2.75, 3.05) is 26.3 Å². The molecule has 20 heavy (non-hydrogen) atoms. The van der Waals surface area contributed by atoms with Gasteiger partial charge in [0.2, 0.25) is 0 Å². The van der Waals surface area contributed by atoms with Crippen molar-refractivity contribution < 1.29 is 9.84 Å². The summed E-state index contributed by atoms with van der Waals surface area (Å²) in [5, 5.41) is 8.86. The normalized spacial score (nSPS) is 12.7. The molecular weight excluding hydrogens is 250 g/mol. The number of hydrogen-bond acceptors (Lipinski definition) is 3. The highest BCUT2D eigenvalue weighted by Gasteiger charge is 2.12. The van der Waals surface area contributed by atoms with Crippen LogP contribution in [0.4, 0.5) is 0 Å². The van der Waals surface area contributed by atoms with Crippen molar-refractivity contribution in [3.63, 3.8) is 0 Å². The maximum Gasteiger partial charge on any atom is 0.119 e. The van der Waals surface area contributed by atoms with Gasteiger partial charge < -0.3 is 14.7 Å². The minimum atomic E-state index is 0.296. The molecule has 1 atom stereocenters. The molecule has 3 heteroatoms. The Morgan fingerprint density at radius 3 is 2.40 bits per heavy atom. The molecule has 0 aromatic heterocycles. The van der Waals surface area contributed by atoms with Gasteiger partial charge in [0.05, 0.1) is 6.61 Å². The van der Waals surface area contributed by atoms with Crippen molar-refractivity contribution in [2.24, 2.45) is 0 Å². The van der Waals surface area contributed by atoms with Gasteiger partial charge in [-0.15, -0.1) is 0 Å². The summed E-state index contributed by atoms with van der Waals surface area (Å²) in [6.07, 6.45) is 3.02. The average Bonchev–Trinajstić information content (AvgIpc) is 2.46. The Labute approximate surface area is 123 Å². The van der Waals surface area contributed by atoms with Gasteiger partial charge in [-0.2, -0.15) is 0 Å². The third kappa shape index (κ3) is 5.93. The van der Waals surface area contributed by atoms with Gasteiger partial charge in [-0.25, -0.2) is 0 Å². The van der Waals surface area contributed by atoms with Gasteiger partial charge in [-0.1, -0.05) is 19.1 Å². The van der Waals surface area contributed by atoms with Gasteiger partial charge in [-0.3, -0.25) is 0 Å². The molecule has 0 aliphatic heterocycles. The van der Waals surface area contributed by atoms with Crippen LogP contribution in [0.25, 0.3) is 0 Å². The lowest BCUT2D eigenvalue weighted by atomic mass is 10.1. The van der Waals surface area contributed by atoms with Crippen LogP contribution in [0.15, 0.2) is 24.3 Å². The predicted molar refractivity (Wildman–Crippen MR) is 84.3 cm³/mol. The van der Waals surface area contributed by atoms with Crippen LogP contribution in [0.2, 0.25) is 0 Å². The minimum absolute atomic E-state index is 0.296. The van der Waals surface area contributed by atoms with E-state index in [0.29, 0.717) is 19.3 Å². The molecule has 114 valence electrons. The monoisotopic (exact) mass is 279 g/mol. The molecule has 3 nitrogen and oxygen atoms in total. The highest BCUT2D eigenvalue weighted by atomic mass is 16.5. The number of nitrogens with zero attached hydrogens (tertiary/aromatic N) is 1. The lowest BCUT2D eigenvalue weighted by Gasteiger charge is -2.28. The average molecular weight is 279 g/mol. The molecule has 0 heterocycles. The lowest BCUT2D eigenvalue weighted by molar-refractivity contribution is 0.203. The molecular formula is C17H29NO2. The first kappa shape index (κ1) is 17.0. The summed E-state index contributed by atoms with van der Waals surface area (Å²) in [5.41, 5.74) is 1.35. The molecule has 0 bridgehead atoms. The second kappa shape index (κ2) is 9.78. The van der Waals surface area contributed by atoms with Gasteiger partial charge in [-0.05, 0) is 63.9 Å². The van der Waals surface area contributed by atoms with Crippen molar-refractivity contribution in [3.05, 3.63) is 29.8 Å². The Balaban J connectivity index is 2.47. The number of aliphatic hydroxyl groups is 1. The second-order valence-electron chi connectivity index (χ2n) is 5.19. The summed E-state index contributed by atoms with van der Waals surface area (Å²) in [6.45, 7) is 9.61. The first-order chi connectivity index (χ1) is 9.71. The van der Waals surface area contributed by atoms with Gasteiger partial charge in [0.15, 0.2) is 0 Å². The van der Waals surface area contributed by atoms with Crippen LogP contribution in [-0.2, 0) is 6.42 Å². The number of unbranched alkanes of at least 4 members (excludes halogenated alkanes) is 1. The Hall–Kier alpha value is -1.06. The zero-order valence-corrected chi connectivity index (χ0v) is 13.1. The largest absolute Gasteiger partial charge is 0.494 e. The first-order valence-electron chi connectivity index (χ1n) is 7.77. The van der Waals surface area contributed by atoms with Crippen LogP contribution >= 0.6 is 0 Å². The van der Waals surface area contributed by atoms with Crippen molar-refractivity contribution >= 4 is 0 Å². The van der Waals surface area contributed by atoms with E-state index in [1.54, 1.807) is 0 Å². The van der Waals surface area contributed by atoms with Crippen molar-refractivity contribution in [2.45, 2.75) is 46.1 Å². The summed E-state index contributed by atoms with van der Waals surface area (Å²) in [6, 6.07) is 8.93. The third-order valence-electron chi connectivity index (χ3n) is 3.65. The summed E-state index contributed by atoms with van der Waals surface area (Å²) < 4.78 is 5.47. The quantitative estimate of drug-likeness (QED) is 0.668. The summed E-state index contributed by atoms with van der Waals surface area (Å²) in [4.78, 5) is 2.48. The highest BCUT2D eigenvalue weighted by molar-refractivity contribution is 5.27. The van der Waals surface area contributed by atoms with E-state index < -0.39 is 0 Å². The van der Waals surface area contributed by atoms with E-state index in [0.717, 1.165) is 38.1 Å². The molecule has 0 aliphatic rings. The van der Waals surface area contributed by atoms with Crippen LogP contribution in [-0.4, -0.2) is 42.4 Å². The molecule has 1 N–H and O–H groups in total. The Morgan fingerprint density at radius 2 is 1.85 bits per heavy atom. The molecule has 1 unspecified atom stereocenters. The standard InChI is InChI=1S/C17H29NO2/c1-4-18(12-6-7-13-19)15(3)14-16-8-10-17(11-9-16)20-5-2/h8-11,15,19H,4-7,12-14H2,1-3H3. The second-order valence-corrected chi connectivity index (χ2v) is 5.19. The molecule has 0 aliphatic carbocycles. The van der Waals surface area contributed by atoms with Crippen LogP contribution in [0.3, 0.4) is 0 Å². The first-order valence-corrected chi connectivity index (χ1v) is 7.77. The molecule has 0 fully saturated rings. The van der Waals surface area contributed by atoms with E-state index in [1.807, 2.05) is 19.1 Å². The van der Waals surface area contributed by atoms with Crippen LogP contribution < -0.4 is 4.74 Å². The van der Waals surface area contributed by atoms with Crippen LogP contribution in [0.5, 0.6) is 5.75 Å². The van der Waals surface area contributed by atoms with Gasteiger partial charge in [0.1, 0.15) is 5.75 Å². The maximum atomic E-state index is 8.86. The molecule has 0 amide bonds. The van der Waals surface area contributed by atoms with Gasteiger partial charge in [0, 0.05) is 12.6 Å². The molecule has 1 aromatic rings. The zero-order valence-electron chi connectivity index (χ0n) is 13.1. The fourth-order valence-corrected chi connectivity index (χ4v) is 2.48. The van der Waals surface area contributed by atoms with Crippen LogP contribution in [0.1, 0.15) is 39.2 Å². The number of benzene rings is 1. The zero-order chi connectivity index (χ0) is 14.8. The number of rotatable bonds is 10. The molecule has 0 radical (unpaired) electrons. The molecule has 0 saturated carbocycles. The molecule has 0 saturated heterocycles. The number of likely N-dealkylation sites (N-methyl/N-ethyl adjacent to an activating group) is 1. The van der Waals surface area contributed by atoms with Gasteiger partial charge in [0.25, 0.3) is 0 Å². The smallest absolute Gasteiger partial charge is 0.119 e.